The van der Waals surface area contributed by atoms with Crippen molar-refractivity contribution in [3.05, 3.63) is 35.4 Å². The van der Waals surface area contributed by atoms with E-state index in [1.165, 1.54) is 11.1 Å². The van der Waals surface area contributed by atoms with Gasteiger partial charge in [0.25, 0.3) is 0 Å². The summed E-state index contributed by atoms with van der Waals surface area (Å²) < 4.78 is 0. The van der Waals surface area contributed by atoms with Crippen LogP contribution in [0.25, 0.3) is 0 Å². The fourth-order valence-electron chi connectivity index (χ4n) is 2.40. The molecule has 16 heavy (non-hydrogen) atoms. The van der Waals surface area contributed by atoms with Gasteiger partial charge in [0, 0.05) is 12.6 Å². The van der Waals surface area contributed by atoms with Gasteiger partial charge >= 0.3 is 5.97 Å². The summed E-state index contributed by atoms with van der Waals surface area (Å²) in [6.45, 7) is 3.03. The Morgan fingerprint density at radius 2 is 2.12 bits per heavy atom. The minimum Gasteiger partial charge on any atom is -0.480 e. The Morgan fingerprint density at radius 3 is 2.75 bits per heavy atom. The van der Waals surface area contributed by atoms with E-state index in [2.05, 4.69) is 30.0 Å². The molecule has 1 atom stereocenters. The van der Waals surface area contributed by atoms with Gasteiger partial charge in [-0.05, 0) is 24.0 Å². The maximum Gasteiger partial charge on any atom is 0.317 e. The minimum absolute atomic E-state index is 0.146. The van der Waals surface area contributed by atoms with E-state index < -0.39 is 5.97 Å². The zero-order chi connectivity index (χ0) is 11.5. The Bertz CT molecular complexity index is 389. The van der Waals surface area contributed by atoms with Gasteiger partial charge in [-0.15, -0.1) is 0 Å². The summed E-state index contributed by atoms with van der Waals surface area (Å²) >= 11 is 0. The van der Waals surface area contributed by atoms with Crippen LogP contribution >= 0.6 is 0 Å². The molecule has 0 saturated carbocycles. The number of carboxylic acids is 1. The second-order valence-corrected chi connectivity index (χ2v) is 4.33. The number of hydrogen-bond acceptors (Lipinski definition) is 2. The van der Waals surface area contributed by atoms with Crippen molar-refractivity contribution in [2.75, 3.05) is 6.54 Å². The molecule has 0 aromatic heterocycles. The molecular weight excluding hydrogens is 202 g/mol. The highest BCUT2D eigenvalue weighted by molar-refractivity contribution is 5.69. The van der Waals surface area contributed by atoms with Gasteiger partial charge in [0.05, 0.1) is 6.54 Å². The van der Waals surface area contributed by atoms with Gasteiger partial charge < -0.3 is 5.11 Å². The number of carboxylic acid groups (broad SMARTS) is 1. The minimum atomic E-state index is -0.738. The predicted molar refractivity (Wildman–Crippen MR) is 62.3 cm³/mol. The largest absolute Gasteiger partial charge is 0.480 e. The molecule has 0 radical (unpaired) electrons. The Hall–Kier alpha value is -1.35. The molecule has 86 valence electrons. The van der Waals surface area contributed by atoms with Gasteiger partial charge in [-0.2, -0.15) is 0 Å². The van der Waals surface area contributed by atoms with Gasteiger partial charge in [-0.25, -0.2) is 0 Å². The van der Waals surface area contributed by atoms with E-state index >= 15 is 0 Å². The van der Waals surface area contributed by atoms with Crippen LogP contribution in [0.5, 0.6) is 0 Å². The zero-order valence-corrected chi connectivity index (χ0v) is 9.52. The molecule has 3 nitrogen and oxygen atoms in total. The van der Waals surface area contributed by atoms with E-state index in [1.807, 2.05) is 6.07 Å². The fraction of sp³-hybridized carbons (Fsp3) is 0.462. The molecule has 0 aliphatic carbocycles. The first-order chi connectivity index (χ1) is 7.70. The van der Waals surface area contributed by atoms with E-state index in [-0.39, 0.29) is 6.54 Å². The monoisotopic (exact) mass is 219 g/mol. The average molecular weight is 219 g/mol. The summed E-state index contributed by atoms with van der Waals surface area (Å²) in [5, 5.41) is 8.89. The summed E-state index contributed by atoms with van der Waals surface area (Å²) in [7, 11) is 0. The van der Waals surface area contributed by atoms with E-state index in [4.69, 9.17) is 5.11 Å². The van der Waals surface area contributed by atoms with Crippen LogP contribution in [0.2, 0.25) is 0 Å². The molecule has 3 heteroatoms. The van der Waals surface area contributed by atoms with E-state index in [9.17, 15) is 4.79 Å². The Morgan fingerprint density at radius 1 is 1.44 bits per heavy atom. The van der Waals surface area contributed by atoms with E-state index in [0.29, 0.717) is 6.04 Å². The Labute approximate surface area is 95.7 Å². The average Bonchev–Trinajstić information content (AvgIpc) is 2.27. The standard InChI is InChI=1S/C13H17NO2/c1-2-12-7-10-5-3-4-6-11(10)8-14(12)9-13(15)16/h3-6,12H,2,7-9H2,1H3,(H,15,16). The summed E-state index contributed by atoms with van der Waals surface area (Å²) in [5.41, 5.74) is 2.64. The molecule has 2 rings (SSSR count). The number of fused-ring (bicyclic) bond motifs is 1. The van der Waals surface area contributed by atoms with Crippen LogP contribution in [-0.2, 0) is 17.8 Å². The lowest BCUT2D eigenvalue weighted by Crippen LogP contribution is -2.42. The summed E-state index contributed by atoms with van der Waals surface area (Å²) in [5.74, 6) is -0.738. The van der Waals surface area contributed by atoms with E-state index in [0.717, 1.165) is 19.4 Å². The molecule has 1 aliphatic rings. The number of nitrogens with zero attached hydrogens (tertiary/aromatic N) is 1. The van der Waals surface area contributed by atoms with Crippen molar-refractivity contribution in [3.63, 3.8) is 0 Å². The zero-order valence-electron chi connectivity index (χ0n) is 9.52. The molecule has 0 bridgehead atoms. The first kappa shape index (κ1) is 11.1. The molecule has 1 aliphatic heterocycles. The quantitative estimate of drug-likeness (QED) is 0.844. The number of rotatable bonds is 3. The van der Waals surface area contributed by atoms with Crippen molar-refractivity contribution in [3.8, 4) is 0 Å². The molecule has 1 N–H and O–H groups in total. The third-order valence-corrected chi connectivity index (χ3v) is 3.27. The molecule has 1 unspecified atom stereocenters. The normalized spacial score (nSPS) is 20.4. The maximum atomic E-state index is 10.8. The second-order valence-electron chi connectivity index (χ2n) is 4.33. The summed E-state index contributed by atoms with van der Waals surface area (Å²) in [6, 6.07) is 8.68. The predicted octanol–water partition coefficient (Wildman–Crippen LogP) is 1.91. The highest BCUT2D eigenvalue weighted by Gasteiger charge is 2.25. The third-order valence-electron chi connectivity index (χ3n) is 3.27. The molecule has 0 spiro atoms. The van der Waals surface area contributed by atoms with Gasteiger partial charge in [0.2, 0.25) is 0 Å². The summed E-state index contributed by atoms with van der Waals surface area (Å²) in [6.07, 6.45) is 1.97. The second kappa shape index (κ2) is 4.66. The van der Waals surface area contributed by atoms with Crippen molar-refractivity contribution < 1.29 is 9.90 Å². The van der Waals surface area contributed by atoms with Crippen LogP contribution in [0, 0.1) is 0 Å². The van der Waals surface area contributed by atoms with Crippen LogP contribution in [0.3, 0.4) is 0 Å². The number of aliphatic carboxylic acids is 1. The highest BCUT2D eigenvalue weighted by Crippen LogP contribution is 2.24. The maximum absolute atomic E-state index is 10.8. The first-order valence-electron chi connectivity index (χ1n) is 5.73. The van der Waals surface area contributed by atoms with Crippen molar-refractivity contribution >= 4 is 5.97 Å². The van der Waals surface area contributed by atoms with Crippen molar-refractivity contribution in [1.82, 2.24) is 4.90 Å². The molecule has 1 heterocycles. The molecule has 0 fully saturated rings. The van der Waals surface area contributed by atoms with E-state index in [1.54, 1.807) is 0 Å². The molecule has 0 saturated heterocycles. The van der Waals surface area contributed by atoms with Crippen LogP contribution in [0.1, 0.15) is 24.5 Å². The number of hydrogen-bond donors (Lipinski definition) is 1. The Balaban J connectivity index is 2.20. The number of carbonyl (C=O) groups is 1. The van der Waals surface area contributed by atoms with Gasteiger partial charge in [0.1, 0.15) is 0 Å². The van der Waals surface area contributed by atoms with Crippen molar-refractivity contribution in [1.29, 1.82) is 0 Å². The lowest BCUT2D eigenvalue weighted by molar-refractivity contribution is -0.139. The van der Waals surface area contributed by atoms with Gasteiger partial charge in [-0.1, -0.05) is 31.2 Å². The van der Waals surface area contributed by atoms with Crippen LogP contribution < -0.4 is 0 Å². The Kier molecular flexibility index (Phi) is 3.25. The van der Waals surface area contributed by atoms with Crippen LogP contribution in [0.15, 0.2) is 24.3 Å². The van der Waals surface area contributed by atoms with Gasteiger partial charge in [-0.3, -0.25) is 9.69 Å². The SMILES string of the molecule is CCC1Cc2ccccc2CN1CC(=O)O. The fourth-order valence-corrected chi connectivity index (χ4v) is 2.40. The molecule has 1 aromatic rings. The smallest absolute Gasteiger partial charge is 0.317 e. The lowest BCUT2D eigenvalue weighted by atomic mass is 9.93. The van der Waals surface area contributed by atoms with Crippen molar-refractivity contribution in [2.24, 2.45) is 0 Å². The number of benzene rings is 1. The lowest BCUT2D eigenvalue weighted by Gasteiger charge is -2.35. The molecular formula is C13H17NO2. The summed E-state index contributed by atoms with van der Waals surface area (Å²) in [4.78, 5) is 12.9. The first-order valence-corrected chi connectivity index (χ1v) is 5.73. The van der Waals surface area contributed by atoms with Crippen LogP contribution in [-0.4, -0.2) is 28.6 Å². The van der Waals surface area contributed by atoms with Gasteiger partial charge in [0.15, 0.2) is 0 Å². The molecule has 0 amide bonds. The third kappa shape index (κ3) is 2.25. The molecule has 1 aromatic carbocycles. The van der Waals surface area contributed by atoms with Crippen LogP contribution in [0.4, 0.5) is 0 Å². The topological polar surface area (TPSA) is 40.5 Å². The highest BCUT2D eigenvalue weighted by atomic mass is 16.4. The van der Waals surface area contributed by atoms with Crippen molar-refractivity contribution in [2.45, 2.75) is 32.4 Å².